The molecular formula is C10H16O3. The van der Waals surface area contributed by atoms with Gasteiger partial charge in [0.2, 0.25) is 0 Å². The summed E-state index contributed by atoms with van der Waals surface area (Å²) in [5.74, 6) is -0.493. The van der Waals surface area contributed by atoms with Crippen LogP contribution in [-0.2, 0) is 9.53 Å². The summed E-state index contributed by atoms with van der Waals surface area (Å²) in [6, 6.07) is 0. The van der Waals surface area contributed by atoms with Crippen molar-refractivity contribution >= 4 is 5.97 Å². The van der Waals surface area contributed by atoms with E-state index in [0.29, 0.717) is 24.5 Å². The van der Waals surface area contributed by atoms with Gasteiger partial charge in [-0.3, -0.25) is 0 Å². The Hall–Kier alpha value is -0.830. The fourth-order valence-corrected chi connectivity index (χ4v) is 1.52. The van der Waals surface area contributed by atoms with Crippen LogP contribution in [0.15, 0.2) is 11.6 Å². The normalized spacial score (nSPS) is 24.4. The van der Waals surface area contributed by atoms with Gasteiger partial charge in [-0.25, -0.2) is 4.79 Å². The number of ether oxygens (including phenoxy) is 1. The van der Waals surface area contributed by atoms with Gasteiger partial charge in [0.15, 0.2) is 0 Å². The van der Waals surface area contributed by atoms with Gasteiger partial charge in [-0.2, -0.15) is 0 Å². The first-order valence-corrected chi connectivity index (χ1v) is 4.75. The van der Waals surface area contributed by atoms with Crippen molar-refractivity contribution < 1.29 is 14.6 Å². The van der Waals surface area contributed by atoms with Gasteiger partial charge in [0.05, 0.1) is 6.61 Å². The molecule has 1 atom stereocenters. The molecule has 0 amide bonds. The van der Waals surface area contributed by atoms with E-state index in [4.69, 9.17) is 9.84 Å². The first kappa shape index (κ1) is 10.3. The van der Waals surface area contributed by atoms with Crippen LogP contribution in [0, 0.1) is 5.92 Å². The van der Waals surface area contributed by atoms with Gasteiger partial charge in [0.25, 0.3) is 0 Å². The summed E-state index contributed by atoms with van der Waals surface area (Å²) in [5.41, 5.74) is 0.510. The van der Waals surface area contributed by atoms with Crippen LogP contribution in [0.1, 0.15) is 26.2 Å². The lowest BCUT2D eigenvalue weighted by Crippen LogP contribution is -2.16. The molecule has 0 radical (unpaired) electrons. The van der Waals surface area contributed by atoms with E-state index in [0.717, 1.165) is 19.4 Å². The van der Waals surface area contributed by atoms with E-state index in [1.165, 1.54) is 0 Å². The molecule has 0 bridgehead atoms. The van der Waals surface area contributed by atoms with Crippen LogP contribution in [0.2, 0.25) is 0 Å². The molecule has 1 aliphatic rings. The van der Waals surface area contributed by atoms with Crippen molar-refractivity contribution in [2.75, 3.05) is 13.2 Å². The predicted molar refractivity (Wildman–Crippen MR) is 49.6 cm³/mol. The van der Waals surface area contributed by atoms with Crippen LogP contribution >= 0.6 is 0 Å². The fourth-order valence-electron chi connectivity index (χ4n) is 1.52. The van der Waals surface area contributed by atoms with Gasteiger partial charge in [-0.1, -0.05) is 13.0 Å². The molecule has 3 heteroatoms. The van der Waals surface area contributed by atoms with Gasteiger partial charge in [-0.15, -0.1) is 0 Å². The van der Waals surface area contributed by atoms with E-state index >= 15 is 0 Å². The molecule has 1 unspecified atom stereocenters. The van der Waals surface area contributed by atoms with E-state index in [1.807, 2.05) is 13.0 Å². The number of carboxylic acid groups (broad SMARTS) is 1. The quantitative estimate of drug-likeness (QED) is 0.681. The van der Waals surface area contributed by atoms with Crippen molar-refractivity contribution in [2.45, 2.75) is 26.2 Å². The molecule has 1 fully saturated rings. The first-order chi connectivity index (χ1) is 6.24. The minimum absolute atomic E-state index is 0.305. The second-order valence-corrected chi connectivity index (χ2v) is 3.33. The Balaban J connectivity index is 2.54. The van der Waals surface area contributed by atoms with Gasteiger partial charge in [0, 0.05) is 18.1 Å². The molecule has 0 spiro atoms. The largest absolute Gasteiger partial charge is 0.478 e. The molecule has 13 heavy (non-hydrogen) atoms. The van der Waals surface area contributed by atoms with E-state index in [-0.39, 0.29) is 0 Å². The summed E-state index contributed by atoms with van der Waals surface area (Å²) in [5, 5.41) is 8.79. The summed E-state index contributed by atoms with van der Waals surface area (Å²) >= 11 is 0. The lowest BCUT2D eigenvalue weighted by atomic mass is 9.98. The summed E-state index contributed by atoms with van der Waals surface area (Å²) in [6.45, 7) is 3.36. The molecule has 0 aromatic rings. The van der Waals surface area contributed by atoms with E-state index in [2.05, 4.69) is 0 Å². The van der Waals surface area contributed by atoms with Crippen LogP contribution in [0.5, 0.6) is 0 Å². The molecule has 0 aliphatic carbocycles. The topological polar surface area (TPSA) is 46.5 Å². The number of carbonyl (C=O) groups is 1. The highest BCUT2D eigenvalue weighted by atomic mass is 16.5. The van der Waals surface area contributed by atoms with Crippen LogP contribution in [0.3, 0.4) is 0 Å². The van der Waals surface area contributed by atoms with Gasteiger partial charge < -0.3 is 9.84 Å². The average molecular weight is 184 g/mol. The van der Waals surface area contributed by atoms with E-state index in [9.17, 15) is 4.79 Å². The van der Waals surface area contributed by atoms with Gasteiger partial charge in [0.1, 0.15) is 0 Å². The Morgan fingerprint density at radius 1 is 1.69 bits per heavy atom. The molecule has 0 aromatic carbocycles. The summed E-state index contributed by atoms with van der Waals surface area (Å²) in [4.78, 5) is 10.7. The molecule has 74 valence electrons. The van der Waals surface area contributed by atoms with Crippen LogP contribution in [-0.4, -0.2) is 24.3 Å². The van der Waals surface area contributed by atoms with Crippen molar-refractivity contribution in [1.82, 2.24) is 0 Å². The van der Waals surface area contributed by atoms with Crippen LogP contribution < -0.4 is 0 Å². The Bertz CT molecular complexity index is 202. The molecule has 0 aromatic heterocycles. The molecular weight excluding hydrogens is 168 g/mol. The highest BCUT2D eigenvalue weighted by Gasteiger charge is 2.14. The minimum Gasteiger partial charge on any atom is -0.478 e. The number of carboxylic acids is 1. The van der Waals surface area contributed by atoms with E-state index in [1.54, 1.807) is 0 Å². The minimum atomic E-state index is -0.798. The number of aliphatic carboxylic acids is 1. The fraction of sp³-hybridized carbons (Fsp3) is 0.700. The maximum atomic E-state index is 10.7. The molecule has 1 saturated heterocycles. The Kier molecular flexibility index (Phi) is 3.96. The Morgan fingerprint density at radius 3 is 2.92 bits per heavy atom. The SMILES string of the molecule is CC/C(=C\C1CCCOC1)C(=O)O. The van der Waals surface area contributed by atoms with Crippen LogP contribution in [0.4, 0.5) is 0 Å². The highest BCUT2D eigenvalue weighted by molar-refractivity contribution is 5.86. The van der Waals surface area contributed by atoms with Crippen molar-refractivity contribution in [3.63, 3.8) is 0 Å². The third-order valence-electron chi connectivity index (χ3n) is 2.29. The van der Waals surface area contributed by atoms with Gasteiger partial charge in [-0.05, 0) is 19.3 Å². The second kappa shape index (κ2) is 5.02. The van der Waals surface area contributed by atoms with Gasteiger partial charge >= 0.3 is 5.97 Å². The predicted octanol–water partition coefficient (Wildman–Crippen LogP) is 1.83. The summed E-state index contributed by atoms with van der Waals surface area (Å²) in [7, 11) is 0. The van der Waals surface area contributed by atoms with Crippen molar-refractivity contribution in [3.05, 3.63) is 11.6 Å². The van der Waals surface area contributed by atoms with Crippen molar-refractivity contribution in [1.29, 1.82) is 0 Å². The average Bonchev–Trinajstić information content (AvgIpc) is 2.15. The first-order valence-electron chi connectivity index (χ1n) is 4.75. The van der Waals surface area contributed by atoms with E-state index < -0.39 is 5.97 Å². The third kappa shape index (κ3) is 3.19. The zero-order valence-electron chi connectivity index (χ0n) is 7.95. The third-order valence-corrected chi connectivity index (χ3v) is 2.29. The molecule has 1 heterocycles. The molecule has 0 saturated carbocycles. The summed E-state index contributed by atoms with van der Waals surface area (Å²) in [6.07, 6.45) is 4.53. The number of hydrogen-bond donors (Lipinski definition) is 1. The lowest BCUT2D eigenvalue weighted by molar-refractivity contribution is -0.132. The number of rotatable bonds is 3. The Morgan fingerprint density at radius 2 is 2.46 bits per heavy atom. The standard InChI is InChI=1S/C10H16O3/c1-2-9(10(11)12)6-8-4-3-5-13-7-8/h6,8H,2-5,7H2,1H3,(H,11,12)/b9-6+. The van der Waals surface area contributed by atoms with Crippen LogP contribution in [0.25, 0.3) is 0 Å². The maximum absolute atomic E-state index is 10.7. The van der Waals surface area contributed by atoms with Crippen molar-refractivity contribution in [3.8, 4) is 0 Å². The zero-order valence-corrected chi connectivity index (χ0v) is 7.95. The summed E-state index contributed by atoms with van der Waals surface area (Å²) < 4.78 is 5.27. The monoisotopic (exact) mass is 184 g/mol. The lowest BCUT2D eigenvalue weighted by Gasteiger charge is -2.19. The smallest absolute Gasteiger partial charge is 0.331 e. The second-order valence-electron chi connectivity index (χ2n) is 3.33. The highest BCUT2D eigenvalue weighted by Crippen LogP contribution is 2.17. The molecule has 1 N–H and O–H groups in total. The zero-order chi connectivity index (χ0) is 9.68. The molecule has 1 aliphatic heterocycles. The molecule has 3 nitrogen and oxygen atoms in total. The maximum Gasteiger partial charge on any atom is 0.331 e. The number of hydrogen-bond acceptors (Lipinski definition) is 2. The molecule has 1 rings (SSSR count). The van der Waals surface area contributed by atoms with Crippen molar-refractivity contribution in [2.24, 2.45) is 5.92 Å². The Labute approximate surface area is 78.4 Å².